The van der Waals surface area contributed by atoms with E-state index in [9.17, 15) is 10.1 Å². The molecule has 0 radical (unpaired) electrons. The van der Waals surface area contributed by atoms with Gasteiger partial charge in [-0.3, -0.25) is 4.79 Å². The van der Waals surface area contributed by atoms with E-state index in [-0.39, 0.29) is 12.3 Å². The van der Waals surface area contributed by atoms with Crippen LogP contribution < -0.4 is 4.74 Å². The lowest BCUT2D eigenvalue weighted by Crippen LogP contribution is -2.31. The summed E-state index contributed by atoms with van der Waals surface area (Å²) in [7, 11) is 1.58. The Hall–Kier alpha value is -2.02. The summed E-state index contributed by atoms with van der Waals surface area (Å²) in [6, 6.07) is 9.59. The largest absolute Gasteiger partial charge is 0.497 e. The van der Waals surface area contributed by atoms with Crippen molar-refractivity contribution in [3.05, 3.63) is 29.8 Å². The number of nitriles is 1. The minimum absolute atomic E-state index is 0.0161. The van der Waals surface area contributed by atoms with Gasteiger partial charge in [0, 0.05) is 6.42 Å². The van der Waals surface area contributed by atoms with Gasteiger partial charge >= 0.3 is 5.97 Å². The van der Waals surface area contributed by atoms with Crippen molar-refractivity contribution in [1.29, 1.82) is 5.26 Å². The van der Waals surface area contributed by atoms with Gasteiger partial charge in [-0.15, -0.1) is 0 Å². The second-order valence-electron chi connectivity index (χ2n) is 4.86. The Kier molecular flexibility index (Phi) is 4.94. The molecule has 0 amide bonds. The van der Waals surface area contributed by atoms with Crippen LogP contribution in [0, 0.1) is 17.2 Å². The highest BCUT2D eigenvalue weighted by molar-refractivity contribution is 5.67. The fraction of sp³-hybridized carbons (Fsp3) is 0.467. The summed E-state index contributed by atoms with van der Waals surface area (Å²) in [5.41, 5.74) is 0.0667. The van der Waals surface area contributed by atoms with Crippen LogP contribution in [0.5, 0.6) is 5.75 Å². The molecule has 0 fully saturated rings. The van der Waals surface area contributed by atoms with Gasteiger partial charge in [-0.2, -0.15) is 5.26 Å². The molecule has 102 valence electrons. The summed E-state index contributed by atoms with van der Waals surface area (Å²) in [5.74, 6) is -0.128. The average molecular weight is 261 g/mol. The number of rotatable bonds is 6. The lowest BCUT2D eigenvalue weighted by Gasteiger charge is -2.31. The van der Waals surface area contributed by atoms with Crippen molar-refractivity contribution >= 4 is 5.97 Å². The molecule has 0 heterocycles. The second-order valence-corrected chi connectivity index (χ2v) is 4.86. The predicted octanol–water partition coefficient (Wildman–Crippen LogP) is 2.98. The van der Waals surface area contributed by atoms with E-state index < -0.39 is 11.4 Å². The number of hydrogen-bond acceptors (Lipinski definition) is 3. The number of carboxylic acid groups (broad SMARTS) is 1. The molecule has 0 bridgehead atoms. The smallest absolute Gasteiger partial charge is 0.303 e. The van der Waals surface area contributed by atoms with Crippen molar-refractivity contribution in [3.63, 3.8) is 0 Å². The topological polar surface area (TPSA) is 70.3 Å². The zero-order valence-electron chi connectivity index (χ0n) is 11.5. The van der Waals surface area contributed by atoms with E-state index in [0.29, 0.717) is 6.42 Å². The van der Waals surface area contributed by atoms with E-state index in [0.717, 1.165) is 11.3 Å². The Bertz CT molecular complexity index is 473. The normalized spacial score (nSPS) is 13.6. The molecule has 1 unspecified atom stereocenters. The molecule has 0 aliphatic carbocycles. The Labute approximate surface area is 113 Å². The third-order valence-corrected chi connectivity index (χ3v) is 3.52. The molecule has 19 heavy (non-hydrogen) atoms. The number of carboxylic acids is 1. The number of methoxy groups -OCH3 is 1. The number of nitrogens with zero attached hydrogens (tertiary/aromatic N) is 1. The Morgan fingerprint density at radius 1 is 1.42 bits per heavy atom. The number of hydrogen-bond donors (Lipinski definition) is 1. The van der Waals surface area contributed by atoms with Gasteiger partial charge in [-0.1, -0.05) is 26.0 Å². The molecule has 1 aromatic rings. The van der Waals surface area contributed by atoms with Gasteiger partial charge in [-0.25, -0.2) is 0 Å². The van der Waals surface area contributed by atoms with Crippen molar-refractivity contribution in [2.24, 2.45) is 5.92 Å². The van der Waals surface area contributed by atoms with E-state index in [4.69, 9.17) is 9.84 Å². The van der Waals surface area contributed by atoms with E-state index in [1.54, 1.807) is 19.2 Å². The van der Waals surface area contributed by atoms with Crippen LogP contribution in [0.3, 0.4) is 0 Å². The summed E-state index contributed by atoms with van der Waals surface area (Å²) in [5, 5.41) is 18.4. The molecular weight excluding hydrogens is 242 g/mol. The van der Waals surface area contributed by atoms with Crippen LogP contribution in [0.2, 0.25) is 0 Å². The van der Waals surface area contributed by atoms with Gasteiger partial charge < -0.3 is 9.84 Å². The molecule has 0 saturated heterocycles. The maximum Gasteiger partial charge on any atom is 0.303 e. The van der Waals surface area contributed by atoms with Crippen molar-refractivity contribution < 1.29 is 14.6 Å². The number of aliphatic carboxylic acids is 1. The first kappa shape index (κ1) is 15.0. The lowest BCUT2D eigenvalue weighted by molar-refractivity contribution is -0.137. The lowest BCUT2D eigenvalue weighted by atomic mass is 9.70. The highest BCUT2D eigenvalue weighted by atomic mass is 16.5. The van der Waals surface area contributed by atoms with E-state index in [2.05, 4.69) is 6.07 Å². The molecular formula is C15H19NO3. The van der Waals surface area contributed by atoms with Crippen LogP contribution in [0.15, 0.2) is 24.3 Å². The number of benzene rings is 1. The first-order valence-electron chi connectivity index (χ1n) is 6.24. The average Bonchev–Trinajstić information content (AvgIpc) is 2.40. The second kappa shape index (κ2) is 6.24. The quantitative estimate of drug-likeness (QED) is 0.854. The summed E-state index contributed by atoms with van der Waals surface area (Å²) >= 11 is 0. The monoisotopic (exact) mass is 261 g/mol. The minimum atomic E-state index is -0.881. The molecule has 0 saturated carbocycles. The molecule has 1 atom stereocenters. The molecule has 1 rings (SSSR count). The van der Waals surface area contributed by atoms with E-state index in [1.807, 2.05) is 26.0 Å². The molecule has 1 aromatic carbocycles. The molecule has 0 aliphatic rings. The number of ether oxygens (including phenoxy) is 1. The van der Waals surface area contributed by atoms with Crippen LogP contribution >= 0.6 is 0 Å². The van der Waals surface area contributed by atoms with E-state index in [1.165, 1.54) is 0 Å². The molecule has 0 aliphatic heterocycles. The highest BCUT2D eigenvalue weighted by Gasteiger charge is 2.36. The Balaban J connectivity index is 3.14. The van der Waals surface area contributed by atoms with Gasteiger partial charge in [-0.05, 0) is 30.0 Å². The van der Waals surface area contributed by atoms with Gasteiger partial charge in [0.1, 0.15) is 5.75 Å². The fourth-order valence-corrected chi connectivity index (χ4v) is 2.21. The summed E-state index contributed by atoms with van der Waals surface area (Å²) in [6.45, 7) is 3.88. The third kappa shape index (κ3) is 3.25. The highest BCUT2D eigenvalue weighted by Crippen LogP contribution is 2.37. The first-order chi connectivity index (χ1) is 8.96. The van der Waals surface area contributed by atoms with Crippen molar-refractivity contribution in [2.45, 2.75) is 32.1 Å². The maximum absolute atomic E-state index is 10.8. The standard InChI is InChI=1S/C15H19NO3/c1-11(2)15(10-16,9-8-14(17)18)12-4-6-13(19-3)7-5-12/h4-7,11H,8-9H2,1-3H3,(H,17,18). The SMILES string of the molecule is COc1ccc(C(C#N)(CCC(=O)O)C(C)C)cc1. The van der Waals surface area contributed by atoms with Crippen LogP contribution in [0.1, 0.15) is 32.3 Å². The zero-order valence-corrected chi connectivity index (χ0v) is 11.5. The van der Waals surface area contributed by atoms with Gasteiger partial charge in [0.25, 0.3) is 0 Å². The van der Waals surface area contributed by atoms with Crippen LogP contribution in [-0.2, 0) is 10.2 Å². The Morgan fingerprint density at radius 3 is 2.37 bits per heavy atom. The van der Waals surface area contributed by atoms with Crippen LogP contribution in [0.4, 0.5) is 0 Å². The first-order valence-corrected chi connectivity index (χ1v) is 6.24. The zero-order chi connectivity index (χ0) is 14.5. The molecule has 4 nitrogen and oxygen atoms in total. The fourth-order valence-electron chi connectivity index (χ4n) is 2.21. The van der Waals surface area contributed by atoms with E-state index >= 15 is 0 Å². The van der Waals surface area contributed by atoms with Gasteiger partial charge in [0.05, 0.1) is 18.6 Å². The van der Waals surface area contributed by atoms with Crippen LogP contribution in [-0.4, -0.2) is 18.2 Å². The van der Waals surface area contributed by atoms with Crippen molar-refractivity contribution in [2.75, 3.05) is 7.11 Å². The molecule has 4 heteroatoms. The summed E-state index contributed by atoms with van der Waals surface area (Å²) in [4.78, 5) is 10.8. The molecule has 1 N–H and O–H groups in total. The summed E-state index contributed by atoms with van der Waals surface area (Å²) in [6.07, 6.45) is 0.292. The number of carbonyl (C=O) groups is 1. The minimum Gasteiger partial charge on any atom is -0.497 e. The Morgan fingerprint density at radius 2 is 2.00 bits per heavy atom. The molecule has 0 spiro atoms. The van der Waals surface area contributed by atoms with Crippen LogP contribution in [0.25, 0.3) is 0 Å². The summed E-state index contributed by atoms with van der Waals surface area (Å²) < 4.78 is 5.10. The third-order valence-electron chi connectivity index (χ3n) is 3.52. The van der Waals surface area contributed by atoms with Gasteiger partial charge in [0.2, 0.25) is 0 Å². The maximum atomic E-state index is 10.8. The predicted molar refractivity (Wildman–Crippen MR) is 72.0 cm³/mol. The van der Waals surface area contributed by atoms with Crippen molar-refractivity contribution in [3.8, 4) is 11.8 Å². The van der Waals surface area contributed by atoms with Gasteiger partial charge in [0.15, 0.2) is 0 Å². The van der Waals surface area contributed by atoms with Crippen molar-refractivity contribution in [1.82, 2.24) is 0 Å². The molecule has 0 aromatic heterocycles.